The van der Waals surface area contributed by atoms with Crippen molar-refractivity contribution in [2.45, 2.75) is 38.4 Å². The minimum Gasteiger partial charge on any atom is -0.479 e. The number of nitrogens with zero attached hydrogens (tertiary/aromatic N) is 1. The van der Waals surface area contributed by atoms with Crippen molar-refractivity contribution in [3.8, 4) is 34.6 Å². The summed E-state index contributed by atoms with van der Waals surface area (Å²) in [6, 6.07) is 18.3. The summed E-state index contributed by atoms with van der Waals surface area (Å²) in [5, 5.41) is 17.5. The van der Waals surface area contributed by atoms with E-state index in [1.807, 2.05) is 0 Å². The van der Waals surface area contributed by atoms with E-state index in [2.05, 4.69) is 4.98 Å². The summed E-state index contributed by atoms with van der Waals surface area (Å²) in [4.78, 5) is 24.9. The second-order valence-corrected chi connectivity index (χ2v) is 9.25. The van der Waals surface area contributed by atoms with Crippen LogP contribution < -0.4 is 18.9 Å². The second-order valence-electron chi connectivity index (χ2n) is 9.25. The maximum absolute atomic E-state index is 12.5. The Morgan fingerprint density at radius 3 is 1.26 bits per heavy atom. The van der Waals surface area contributed by atoms with E-state index in [0.717, 1.165) is 24.3 Å². The van der Waals surface area contributed by atoms with Gasteiger partial charge in [0.2, 0.25) is 5.88 Å². The van der Waals surface area contributed by atoms with Gasteiger partial charge in [0.1, 0.15) is 28.7 Å². The van der Waals surface area contributed by atoms with E-state index in [1.54, 1.807) is 0 Å². The molecule has 244 valence electrons. The molecule has 9 nitrogen and oxygen atoms in total. The number of hydrogen-bond acceptors (Lipinski definition) is 7. The first-order valence-corrected chi connectivity index (χ1v) is 13.1. The number of carbonyl (C=O) groups is 2. The lowest BCUT2D eigenvalue weighted by Crippen LogP contribution is -2.22. The number of halogens is 6. The molecule has 0 bridgehead atoms. The third-order valence-electron chi connectivity index (χ3n) is 5.67. The zero-order valence-corrected chi connectivity index (χ0v) is 23.9. The smallest absolute Gasteiger partial charge is 0.417 e. The lowest BCUT2D eigenvalue weighted by molar-refractivity contribution is -0.145. The summed E-state index contributed by atoms with van der Waals surface area (Å²) in [7, 11) is 0. The Labute approximate surface area is 257 Å². The van der Waals surface area contributed by atoms with E-state index in [9.17, 15) is 35.9 Å². The van der Waals surface area contributed by atoms with Gasteiger partial charge in [0.25, 0.3) is 0 Å². The molecule has 0 aliphatic rings. The molecule has 2 unspecified atom stereocenters. The van der Waals surface area contributed by atoms with Crippen molar-refractivity contribution < 1.29 is 65.1 Å². The Morgan fingerprint density at radius 2 is 0.913 bits per heavy atom. The molecule has 0 saturated carbocycles. The van der Waals surface area contributed by atoms with Crippen molar-refractivity contribution >= 4 is 11.9 Å². The van der Waals surface area contributed by atoms with Crippen molar-refractivity contribution in [3.05, 3.63) is 102 Å². The van der Waals surface area contributed by atoms with Crippen molar-refractivity contribution in [1.82, 2.24) is 4.98 Å². The van der Waals surface area contributed by atoms with Gasteiger partial charge < -0.3 is 29.2 Å². The summed E-state index contributed by atoms with van der Waals surface area (Å²) >= 11 is 0. The third kappa shape index (κ3) is 10.9. The molecule has 1 heterocycles. The molecule has 0 aliphatic heterocycles. The highest BCUT2D eigenvalue weighted by Gasteiger charge is 2.31. The van der Waals surface area contributed by atoms with Crippen molar-refractivity contribution in [3.63, 3.8) is 0 Å². The molecule has 0 aliphatic carbocycles. The number of alkyl halides is 6. The molecule has 4 rings (SSSR count). The van der Waals surface area contributed by atoms with Crippen LogP contribution in [0.3, 0.4) is 0 Å². The van der Waals surface area contributed by atoms with Crippen molar-refractivity contribution in [2.24, 2.45) is 0 Å². The van der Waals surface area contributed by atoms with Crippen LogP contribution in [0.25, 0.3) is 0 Å². The highest BCUT2D eigenvalue weighted by Crippen LogP contribution is 2.32. The van der Waals surface area contributed by atoms with Crippen LogP contribution in [0, 0.1) is 0 Å². The van der Waals surface area contributed by atoms with Gasteiger partial charge in [-0.1, -0.05) is 0 Å². The SMILES string of the molecule is CC(Oc1ccc(Oc2ccc(C(F)(F)F)cc2)cc1)C(=O)O.CC(Oc1ccc(Oc2ccc(C(F)(F)F)cn2)cc1)C(=O)O. The number of pyridine rings is 1. The van der Waals surface area contributed by atoms with Crippen LogP contribution in [0.15, 0.2) is 91.1 Å². The first kappa shape index (κ1) is 35.0. The first-order chi connectivity index (χ1) is 21.5. The lowest BCUT2D eigenvalue weighted by atomic mass is 10.2. The summed E-state index contributed by atoms with van der Waals surface area (Å²) < 4.78 is 95.6. The zero-order valence-electron chi connectivity index (χ0n) is 23.9. The van der Waals surface area contributed by atoms with Gasteiger partial charge in [-0.3, -0.25) is 0 Å². The normalized spacial score (nSPS) is 12.5. The van der Waals surface area contributed by atoms with Gasteiger partial charge in [-0.25, -0.2) is 14.6 Å². The number of hydrogen-bond donors (Lipinski definition) is 2. The molecule has 46 heavy (non-hydrogen) atoms. The predicted molar refractivity (Wildman–Crippen MR) is 149 cm³/mol. The quantitative estimate of drug-likeness (QED) is 0.163. The topological polar surface area (TPSA) is 124 Å². The van der Waals surface area contributed by atoms with Gasteiger partial charge in [-0.15, -0.1) is 0 Å². The van der Waals surface area contributed by atoms with Crippen LogP contribution in [-0.2, 0) is 21.9 Å². The maximum atomic E-state index is 12.5. The van der Waals surface area contributed by atoms with E-state index in [1.165, 1.54) is 74.5 Å². The summed E-state index contributed by atoms with van der Waals surface area (Å²) in [6.07, 6.45) is -10.2. The Bertz CT molecular complexity index is 1450. The number of benzene rings is 3. The number of aromatic nitrogens is 1. The molecule has 2 atom stereocenters. The molecule has 0 radical (unpaired) electrons. The molecule has 4 aromatic rings. The maximum Gasteiger partial charge on any atom is 0.417 e. The third-order valence-corrected chi connectivity index (χ3v) is 5.67. The number of rotatable bonds is 10. The average molecular weight is 654 g/mol. The molecular formula is C31H25F6NO8. The fraction of sp³-hybridized carbons (Fsp3) is 0.194. The Balaban J connectivity index is 0.000000250. The number of ether oxygens (including phenoxy) is 4. The van der Waals surface area contributed by atoms with Gasteiger partial charge in [0.15, 0.2) is 12.2 Å². The summed E-state index contributed by atoms with van der Waals surface area (Å²) in [6.45, 7) is 2.79. The van der Waals surface area contributed by atoms with Gasteiger partial charge in [-0.2, -0.15) is 26.3 Å². The van der Waals surface area contributed by atoms with E-state index in [4.69, 9.17) is 29.2 Å². The van der Waals surface area contributed by atoms with Crippen LogP contribution in [0.1, 0.15) is 25.0 Å². The molecule has 0 spiro atoms. The molecular weight excluding hydrogens is 628 g/mol. The van der Waals surface area contributed by atoms with E-state index >= 15 is 0 Å². The number of carboxylic acid groups (broad SMARTS) is 2. The molecule has 3 aromatic carbocycles. The Hall–Kier alpha value is -5.47. The van der Waals surface area contributed by atoms with Crippen LogP contribution >= 0.6 is 0 Å². The number of carboxylic acids is 2. The molecule has 15 heteroatoms. The second kappa shape index (κ2) is 15.0. The summed E-state index contributed by atoms with van der Waals surface area (Å²) in [5.41, 5.74) is -1.62. The van der Waals surface area contributed by atoms with Crippen molar-refractivity contribution in [2.75, 3.05) is 0 Å². The number of aliphatic carboxylic acids is 2. The highest BCUT2D eigenvalue weighted by atomic mass is 19.4. The Morgan fingerprint density at radius 1 is 0.565 bits per heavy atom. The molecule has 2 N–H and O–H groups in total. The zero-order chi connectivity index (χ0) is 34.1. The van der Waals surface area contributed by atoms with Crippen LogP contribution in [-0.4, -0.2) is 39.3 Å². The monoisotopic (exact) mass is 653 g/mol. The lowest BCUT2D eigenvalue weighted by Gasteiger charge is -2.11. The Kier molecular flexibility index (Phi) is 11.4. The minimum absolute atomic E-state index is 0.00516. The van der Waals surface area contributed by atoms with E-state index < -0.39 is 47.6 Å². The molecule has 1 aromatic heterocycles. The van der Waals surface area contributed by atoms with Crippen molar-refractivity contribution in [1.29, 1.82) is 0 Å². The predicted octanol–water partition coefficient (Wildman–Crippen LogP) is 8.09. The molecule has 0 saturated heterocycles. The standard InChI is InChI=1S/C16H13F3O4.C15H12F3NO4/c1-10(15(20)21)22-12-6-8-14(9-7-12)23-13-4-2-11(3-5-13)16(17,18)19;1-9(14(20)21)22-11-3-5-12(6-4-11)23-13-7-2-10(8-19-13)15(16,17)18/h2-10H,1H3,(H,20,21);2-9H,1H3,(H,20,21). The van der Waals surface area contributed by atoms with E-state index in [-0.39, 0.29) is 11.6 Å². The fourth-order valence-electron chi connectivity index (χ4n) is 3.26. The molecule has 0 fully saturated rings. The summed E-state index contributed by atoms with van der Waals surface area (Å²) in [5.74, 6) is -0.537. The van der Waals surface area contributed by atoms with Crippen LogP contribution in [0.4, 0.5) is 26.3 Å². The first-order valence-electron chi connectivity index (χ1n) is 13.1. The van der Waals surface area contributed by atoms with Crippen LogP contribution in [0.5, 0.6) is 34.6 Å². The van der Waals surface area contributed by atoms with Gasteiger partial charge in [-0.05, 0) is 92.7 Å². The van der Waals surface area contributed by atoms with E-state index in [0.29, 0.717) is 29.2 Å². The minimum atomic E-state index is -4.45. The largest absolute Gasteiger partial charge is 0.479 e. The van der Waals surface area contributed by atoms with Crippen LogP contribution in [0.2, 0.25) is 0 Å². The van der Waals surface area contributed by atoms with Gasteiger partial charge in [0, 0.05) is 12.3 Å². The van der Waals surface area contributed by atoms with Gasteiger partial charge in [0.05, 0.1) is 11.1 Å². The van der Waals surface area contributed by atoms with Gasteiger partial charge >= 0.3 is 24.3 Å². The fourth-order valence-corrected chi connectivity index (χ4v) is 3.26. The highest BCUT2D eigenvalue weighted by molar-refractivity contribution is 5.72. The average Bonchev–Trinajstić information content (AvgIpc) is 2.99. The molecule has 0 amide bonds.